The number of aromatic hydroxyl groups is 1. The number of hydrogen-bond donors (Lipinski definition) is 2. The lowest BCUT2D eigenvalue weighted by Crippen LogP contribution is -2.43. The predicted octanol–water partition coefficient (Wildman–Crippen LogP) is 4.94. The minimum atomic E-state index is -1.57. The fourth-order valence-corrected chi connectivity index (χ4v) is 5.19. The van der Waals surface area contributed by atoms with Crippen molar-refractivity contribution in [2.45, 2.75) is 32.0 Å². The van der Waals surface area contributed by atoms with Crippen molar-refractivity contribution in [1.29, 1.82) is 0 Å². The third-order valence-electron chi connectivity index (χ3n) is 7.39. The van der Waals surface area contributed by atoms with E-state index in [2.05, 4.69) is 0 Å². The van der Waals surface area contributed by atoms with Gasteiger partial charge in [-0.05, 0) is 49.1 Å². The molecule has 1 aliphatic carbocycles. The number of phenolic OH excluding ortho intramolecular Hbond substituents is 1. The van der Waals surface area contributed by atoms with Gasteiger partial charge in [0.25, 0.3) is 0 Å². The summed E-state index contributed by atoms with van der Waals surface area (Å²) in [6, 6.07) is 11.8. The summed E-state index contributed by atoms with van der Waals surface area (Å²) < 4.78 is 34.6. The average Bonchev–Trinajstić information content (AvgIpc) is 2.94. The highest BCUT2D eigenvalue weighted by Crippen LogP contribution is 2.58. The Kier molecular flexibility index (Phi) is 7.83. The van der Waals surface area contributed by atoms with Gasteiger partial charge in [-0.25, -0.2) is 4.79 Å². The number of rotatable bonds is 7. The summed E-state index contributed by atoms with van der Waals surface area (Å²) in [5, 5.41) is 22.8. The highest BCUT2D eigenvalue weighted by Gasteiger charge is 2.46. The number of esters is 1. The van der Waals surface area contributed by atoms with Crippen molar-refractivity contribution < 1.29 is 43.4 Å². The van der Waals surface area contributed by atoms with Crippen LogP contribution in [0.15, 0.2) is 42.5 Å². The summed E-state index contributed by atoms with van der Waals surface area (Å²) in [6.07, 6.45) is -0.867. The van der Waals surface area contributed by atoms with Crippen LogP contribution in [0.5, 0.6) is 34.5 Å². The van der Waals surface area contributed by atoms with Crippen molar-refractivity contribution in [3.8, 4) is 45.6 Å². The van der Waals surface area contributed by atoms with Crippen LogP contribution >= 0.6 is 0 Å². The maximum atomic E-state index is 13.4. The van der Waals surface area contributed by atoms with Crippen LogP contribution in [0.25, 0.3) is 11.1 Å². The summed E-state index contributed by atoms with van der Waals surface area (Å²) in [6.45, 7) is 3.48. The molecule has 3 aromatic rings. The molecule has 0 aliphatic heterocycles. The van der Waals surface area contributed by atoms with Gasteiger partial charge in [-0.2, -0.15) is 0 Å². The van der Waals surface area contributed by atoms with Crippen LogP contribution in [0, 0.1) is 5.92 Å². The molecule has 1 aliphatic rings. The Morgan fingerprint density at radius 3 is 2.00 bits per heavy atom. The topological polar surface area (TPSA) is 113 Å². The third-order valence-corrected chi connectivity index (χ3v) is 7.39. The maximum absolute atomic E-state index is 13.4. The molecule has 0 fully saturated rings. The third kappa shape index (κ3) is 4.67. The molecule has 3 aromatic carbocycles. The minimum absolute atomic E-state index is 0.117. The normalized spacial score (nSPS) is 20.0. The van der Waals surface area contributed by atoms with E-state index >= 15 is 0 Å². The number of phenols is 1. The quantitative estimate of drug-likeness (QED) is 0.404. The molecular weight excluding hydrogens is 504 g/mol. The van der Waals surface area contributed by atoms with E-state index in [1.54, 1.807) is 49.4 Å². The van der Waals surface area contributed by atoms with E-state index in [9.17, 15) is 15.0 Å². The summed E-state index contributed by atoms with van der Waals surface area (Å²) in [7, 11) is 7.34. The first-order chi connectivity index (χ1) is 18.6. The fourth-order valence-electron chi connectivity index (χ4n) is 5.19. The number of benzene rings is 3. The van der Waals surface area contributed by atoms with Gasteiger partial charge in [0.2, 0.25) is 11.5 Å². The Balaban J connectivity index is 2.14. The van der Waals surface area contributed by atoms with Crippen molar-refractivity contribution >= 4 is 5.97 Å². The van der Waals surface area contributed by atoms with Gasteiger partial charge >= 0.3 is 5.97 Å². The standard InChI is InChI=1S/C30H34O9/c1-16-13-18-14-20(31)24(35-4)26(37-6)22(18)23-19(15-21(34-3)25(36-5)27(23)38-7)28(30(16,2)33)39-29(32)17-11-9-8-10-12-17/h8-12,14-16,28,31,33H,13H2,1-7H3/t16?,28-,30?/m0/s1. The van der Waals surface area contributed by atoms with E-state index in [0.29, 0.717) is 45.7 Å². The maximum Gasteiger partial charge on any atom is 0.338 e. The number of carbonyl (C=O) groups is 1. The Morgan fingerprint density at radius 2 is 1.44 bits per heavy atom. The largest absolute Gasteiger partial charge is 0.504 e. The van der Waals surface area contributed by atoms with Crippen molar-refractivity contribution in [3.63, 3.8) is 0 Å². The Hall–Kier alpha value is -4.11. The Bertz CT molecular complexity index is 1370. The summed E-state index contributed by atoms with van der Waals surface area (Å²) >= 11 is 0. The molecular formula is C30H34O9. The van der Waals surface area contributed by atoms with E-state index < -0.39 is 23.6 Å². The highest BCUT2D eigenvalue weighted by atomic mass is 16.6. The predicted molar refractivity (Wildman–Crippen MR) is 144 cm³/mol. The molecule has 39 heavy (non-hydrogen) atoms. The number of hydrogen-bond acceptors (Lipinski definition) is 9. The van der Waals surface area contributed by atoms with E-state index in [1.807, 2.05) is 6.92 Å². The molecule has 2 N–H and O–H groups in total. The lowest BCUT2D eigenvalue weighted by molar-refractivity contribution is -0.107. The van der Waals surface area contributed by atoms with Crippen LogP contribution in [-0.4, -0.2) is 57.3 Å². The van der Waals surface area contributed by atoms with Gasteiger partial charge in [0.05, 0.1) is 41.1 Å². The molecule has 0 heterocycles. The zero-order chi connectivity index (χ0) is 28.5. The molecule has 0 spiro atoms. The summed E-state index contributed by atoms with van der Waals surface area (Å²) in [4.78, 5) is 13.4. The van der Waals surface area contributed by atoms with Gasteiger partial charge in [0.15, 0.2) is 29.1 Å². The SMILES string of the molecule is COc1cc2c(c(OC)c1OC)-c1c(cc(O)c(OC)c1OC)CC(C)C(C)(O)[C@H]2OC(=O)c1ccccc1. The van der Waals surface area contributed by atoms with Gasteiger partial charge in [0.1, 0.15) is 5.60 Å². The molecule has 9 heteroatoms. The first-order valence-electron chi connectivity index (χ1n) is 12.4. The van der Waals surface area contributed by atoms with Crippen molar-refractivity contribution in [2.24, 2.45) is 5.92 Å². The second kappa shape index (κ2) is 10.9. The molecule has 0 saturated carbocycles. The zero-order valence-electron chi connectivity index (χ0n) is 23.2. The molecule has 0 saturated heterocycles. The first-order valence-corrected chi connectivity index (χ1v) is 12.4. The lowest BCUT2D eigenvalue weighted by atomic mass is 9.73. The first kappa shape index (κ1) is 27.9. The van der Waals surface area contributed by atoms with Crippen LogP contribution in [0.1, 0.15) is 41.4 Å². The zero-order valence-corrected chi connectivity index (χ0v) is 23.2. The second-order valence-electron chi connectivity index (χ2n) is 9.59. The van der Waals surface area contributed by atoms with Crippen LogP contribution in [0.4, 0.5) is 0 Å². The molecule has 0 bridgehead atoms. The fraction of sp³-hybridized carbons (Fsp3) is 0.367. The molecule has 0 amide bonds. The van der Waals surface area contributed by atoms with Gasteiger partial charge in [-0.1, -0.05) is 25.1 Å². The highest BCUT2D eigenvalue weighted by molar-refractivity contribution is 5.91. The smallest absolute Gasteiger partial charge is 0.338 e. The molecule has 208 valence electrons. The Labute approximate surface area is 227 Å². The molecule has 0 aromatic heterocycles. The van der Waals surface area contributed by atoms with Crippen molar-refractivity contribution in [2.75, 3.05) is 35.5 Å². The summed E-state index contributed by atoms with van der Waals surface area (Å²) in [5.74, 6) is 0.0690. The lowest BCUT2D eigenvalue weighted by Gasteiger charge is -2.41. The number of carbonyl (C=O) groups excluding carboxylic acids is 1. The second-order valence-corrected chi connectivity index (χ2v) is 9.59. The van der Waals surface area contributed by atoms with E-state index in [-0.39, 0.29) is 23.0 Å². The van der Waals surface area contributed by atoms with E-state index in [0.717, 1.165) is 0 Å². The summed E-state index contributed by atoms with van der Waals surface area (Å²) in [5.41, 5.74) is 0.822. The van der Waals surface area contributed by atoms with E-state index in [4.69, 9.17) is 28.4 Å². The van der Waals surface area contributed by atoms with Crippen LogP contribution in [0.3, 0.4) is 0 Å². The molecule has 2 unspecified atom stereocenters. The molecule has 0 radical (unpaired) electrons. The Morgan fingerprint density at radius 1 is 0.846 bits per heavy atom. The van der Waals surface area contributed by atoms with E-state index in [1.165, 1.54) is 35.5 Å². The number of aliphatic hydroxyl groups is 1. The number of fused-ring (bicyclic) bond motifs is 3. The number of ether oxygens (including phenoxy) is 6. The van der Waals surface area contributed by atoms with Crippen molar-refractivity contribution in [1.82, 2.24) is 0 Å². The minimum Gasteiger partial charge on any atom is -0.504 e. The van der Waals surface area contributed by atoms with Gasteiger partial charge in [-0.15, -0.1) is 0 Å². The molecule has 3 atom stereocenters. The van der Waals surface area contributed by atoms with Crippen LogP contribution < -0.4 is 23.7 Å². The van der Waals surface area contributed by atoms with Gasteiger partial charge in [-0.3, -0.25) is 0 Å². The van der Waals surface area contributed by atoms with Crippen LogP contribution in [0.2, 0.25) is 0 Å². The molecule has 9 nitrogen and oxygen atoms in total. The van der Waals surface area contributed by atoms with Crippen molar-refractivity contribution in [3.05, 3.63) is 59.2 Å². The monoisotopic (exact) mass is 538 g/mol. The number of methoxy groups -OCH3 is 5. The van der Waals surface area contributed by atoms with Crippen LogP contribution in [-0.2, 0) is 11.2 Å². The molecule has 4 rings (SSSR count). The van der Waals surface area contributed by atoms with Gasteiger partial charge in [0, 0.05) is 16.7 Å². The average molecular weight is 539 g/mol. The van der Waals surface area contributed by atoms with Gasteiger partial charge < -0.3 is 38.6 Å².